The Bertz CT molecular complexity index is 1400. The molecule has 0 aromatic carbocycles. The lowest BCUT2D eigenvalue weighted by atomic mass is 10.0. The van der Waals surface area contributed by atoms with E-state index in [-0.39, 0.29) is 35.2 Å². The molecule has 2 aromatic rings. The molecule has 218 valence electrons. The number of alkyl halides is 1. The summed E-state index contributed by atoms with van der Waals surface area (Å²) in [6.07, 6.45) is 2.24. The Labute approximate surface area is 245 Å². The highest BCUT2D eigenvalue weighted by Crippen LogP contribution is 2.41. The third-order valence-corrected chi connectivity index (χ3v) is 9.16. The SMILES string of the molecule is CCC(ON=C(C(=O)N[C@@H]1C(=O)N2C(C(=O)O)=C(CSc3cc[n+](CCF)cc3)CS[C@H]12)c1csc(N)n1)C(=O)O. The molecular formula is C24H26FN6O7S3+. The van der Waals surface area contributed by atoms with Crippen LogP contribution in [0.1, 0.15) is 19.0 Å². The molecule has 4 heterocycles. The average Bonchev–Trinajstić information content (AvgIpc) is 3.38. The second-order valence-electron chi connectivity index (χ2n) is 8.72. The van der Waals surface area contributed by atoms with Crippen LogP contribution in [0.5, 0.6) is 0 Å². The van der Waals surface area contributed by atoms with Gasteiger partial charge in [-0.15, -0.1) is 34.9 Å². The number of carbonyl (C=O) groups is 4. The molecular weight excluding hydrogens is 599 g/mol. The number of carbonyl (C=O) groups excluding carboxylic acids is 2. The van der Waals surface area contributed by atoms with Gasteiger partial charge in [0.1, 0.15) is 29.5 Å². The number of anilines is 1. The molecule has 0 aliphatic carbocycles. The second-order valence-corrected chi connectivity index (χ2v) is 11.8. The van der Waals surface area contributed by atoms with Crippen molar-refractivity contribution in [3.63, 3.8) is 0 Å². The van der Waals surface area contributed by atoms with Gasteiger partial charge in [-0.2, -0.15) is 0 Å². The molecule has 0 bridgehead atoms. The minimum Gasteiger partial charge on any atom is -0.478 e. The van der Waals surface area contributed by atoms with Gasteiger partial charge < -0.3 is 26.1 Å². The monoisotopic (exact) mass is 625 g/mol. The first kappa shape index (κ1) is 30.3. The molecule has 3 atom stereocenters. The van der Waals surface area contributed by atoms with E-state index in [1.54, 1.807) is 36.0 Å². The van der Waals surface area contributed by atoms with Crippen LogP contribution in [-0.2, 0) is 30.6 Å². The minimum absolute atomic E-state index is 0.0340. The number of rotatable bonds is 13. The predicted octanol–water partition coefficient (Wildman–Crippen LogP) is 1.10. The van der Waals surface area contributed by atoms with Gasteiger partial charge in [0.05, 0.1) is 0 Å². The lowest BCUT2D eigenvalue weighted by Gasteiger charge is -2.49. The number of amides is 2. The van der Waals surface area contributed by atoms with E-state index in [2.05, 4.69) is 15.5 Å². The largest absolute Gasteiger partial charge is 0.478 e. The molecule has 5 N–H and O–H groups in total. The number of nitrogens with two attached hydrogens (primary N) is 1. The van der Waals surface area contributed by atoms with E-state index in [9.17, 15) is 33.8 Å². The summed E-state index contributed by atoms with van der Waals surface area (Å²) in [5.41, 5.74) is 5.76. The van der Waals surface area contributed by atoms with Gasteiger partial charge in [0.25, 0.3) is 11.8 Å². The number of oxime groups is 1. The fourth-order valence-electron chi connectivity index (χ4n) is 3.97. The van der Waals surface area contributed by atoms with E-state index >= 15 is 0 Å². The van der Waals surface area contributed by atoms with Gasteiger partial charge in [0.2, 0.25) is 6.10 Å². The summed E-state index contributed by atoms with van der Waals surface area (Å²) in [6, 6.07) is 2.55. The zero-order valence-electron chi connectivity index (χ0n) is 21.6. The van der Waals surface area contributed by atoms with Gasteiger partial charge in [0.15, 0.2) is 29.8 Å². The molecule has 0 radical (unpaired) electrons. The number of hydrogen-bond acceptors (Lipinski definition) is 11. The topological polar surface area (TPSA) is 188 Å². The number of aliphatic carboxylic acids is 2. The molecule has 1 saturated heterocycles. The summed E-state index contributed by atoms with van der Waals surface area (Å²) in [7, 11) is 0. The van der Waals surface area contributed by atoms with E-state index in [1.165, 1.54) is 28.9 Å². The number of carboxylic acid groups (broad SMARTS) is 2. The summed E-state index contributed by atoms with van der Waals surface area (Å²) in [4.78, 5) is 60.9. The van der Waals surface area contributed by atoms with Crippen LogP contribution < -0.4 is 15.6 Å². The molecule has 4 rings (SSSR count). The summed E-state index contributed by atoms with van der Waals surface area (Å²) in [5.74, 6) is -3.37. The van der Waals surface area contributed by atoms with Crippen LogP contribution in [0, 0.1) is 0 Å². The molecule has 1 unspecified atom stereocenters. The zero-order valence-corrected chi connectivity index (χ0v) is 24.0. The van der Waals surface area contributed by atoms with Gasteiger partial charge in [-0.1, -0.05) is 12.1 Å². The molecule has 2 aliphatic rings. The number of aryl methyl sites for hydroxylation is 1. The molecule has 2 aliphatic heterocycles. The fraction of sp³-hybridized carbons (Fsp3) is 0.375. The van der Waals surface area contributed by atoms with Gasteiger partial charge >= 0.3 is 11.9 Å². The first-order valence-corrected chi connectivity index (χ1v) is 15.1. The molecule has 13 nitrogen and oxygen atoms in total. The van der Waals surface area contributed by atoms with E-state index in [0.29, 0.717) is 17.1 Å². The second kappa shape index (κ2) is 13.3. The van der Waals surface area contributed by atoms with Crippen molar-refractivity contribution in [2.24, 2.45) is 5.16 Å². The number of nitrogens with zero attached hydrogens (tertiary/aromatic N) is 4. The Morgan fingerprint density at radius 3 is 2.68 bits per heavy atom. The lowest BCUT2D eigenvalue weighted by Crippen LogP contribution is -2.71. The van der Waals surface area contributed by atoms with Gasteiger partial charge in [-0.05, 0) is 12.0 Å². The van der Waals surface area contributed by atoms with Crippen molar-refractivity contribution in [1.29, 1.82) is 0 Å². The molecule has 2 amide bonds. The van der Waals surface area contributed by atoms with E-state index < -0.39 is 47.9 Å². The van der Waals surface area contributed by atoms with Crippen molar-refractivity contribution in [3.05, 3.63) is 46.9 Å². The number of nitrogen functional groups attached to an aromatic ring is 1. The first-order valence-electron chi connectivity index (χ1n) is 12.2. The molecule has 41 heavy (non-hydrogen) atoms. The van der Waals surface area contributed by atoms with Crippen molar-refractivity contribution in [2.45, 2.75) is 42.3 Å². The van der Waals surface area contributed by atoms with Crippen LogP contribution in [-0.4, -0.2) is 85.3 Å². The Morgan fingerprint density at radius 2 is 2.10 bits per heavy atom. The van der Waals surface area contributed by atoms with Crippen LogP contribution in [0.25, 0.3) is 0 Å². The van der Waals surface area contributed by atoms with Gasteiger partial charge in [-0.25, -0.2) is 23.5 Å². The number of fused-ring (bicyclic) bond motifs is 1. The van der Waals surface area contributed by atoms with Crippen molar-refractivity contribution in [1.82, 2.24) is 15.2 Å². The van der Waals surface area contributed by atoms with Crippen molar-refractivity contribution in [3.8, 4) is 0 Å². The molecule has 0 saturated carbocycles. The van der Waals surface area contributed by atoms with E-state index in [4.69, 9.17) is 10.6 Å². The number of β-lactam (4-membered cyclic amide) rings is 1. The molecule has 2 aromatic heterocycles. The van der Waals surface area contributed by atoms with E-state index in [1.807, 2.05) is 0 Å². The summed E-state index contributed by atoms with van der Waals surface area (Å²) in [6.45, 7) is 1.33. The number of halogens is 1. The highest BCUT2D eigenvalue weighted by molar-refractivity contribution is 8.01. The maximum absolute atomic E-state index is 13.2. The summed E-state index contributed by atoms with van der Waals surface area (Å²) in [5, 5.41) is 26.3. The third-order valence-electron chi connectivity index (χ3n) is 6.05. The fourth-order valence-corrected chi connectivity index (χ4v) is 6.89. The molecule has 0 spiro atoms. The van der Waals surface area contributed by atoms with Gasteiger partial charge in [-0.3, -0.25) is 14.5 Å². The van der Waals surface area contributed by atoms with Crippen LogP contribution in [0.4, 0.5) is 9.52 Å². The quantitative estimate of drug-likeness (QED) is 0.0820. The van der Waals surface area contributed by atoms with Gasteiger partial charge in [0, 0.05) is 33.9 Å². The Hall–Kier alpha value is -3.70. The number of aromatic nitrogens is 2. The Morgan fingerprint density at radius 1 is 1.37 bits per heavy atom. The highest BCUT2D eigenvalue weighted by Gasteiger charge is 2.54. The number of thiazole rings is 1. The van der Waals surface area contributed by atoms with Crippen LogP contribution in [0.2, 0.25) is 0 Å². The maximum atomic E-state index is 13.2. The average molecular weight is 626 g/mol. The maximum Gasteiger partial charge on any atom is 0.352 e. The van der Waals surface area contributed by atoms with E-state index in [0.717, 1.165) is 21.1 Å². The number of pyridine rings is 1. The third kappa shape index (κ3) is 6.79. The molecule has 1 fully saturated rings. The number of nitrogens with one attached hydrogen (secondary N) is 1. The van der Waals surface area contributed by atoms with Crippen LogP contribution in [0.15, 0.2) is 51.2 Å². The zero-order chi connectivity index (χ0) is 29.7. The highest BCUT2D eigenvalue weighted by atomic mass is 32.2. The lowest BCUT2D eigenvalue weighted by molar-refractivity contribution is -0.697. The number of thioether (sulfide) groups is 2. The predicted molar refractivity (Wildman–Crippen MR) is 149 cm³/mol. The standard InChI is InChI=1S/C24H25FN6O7S3/c1-2-15(22(34)35)38-29-16(14-11-41-24(26)27-14)19(32)28-17-20(33)31-18(23(36)37)12(10-40-21(17)31)9-39-13-3-6-30(7-4-13)8-5-25/h3-4,6-7,11,15,17,21H,2,5,8-10H2,1H3,(H4-,26,27,28,32,34,35,36,37)/p+1/t15?,17-,21-/m1/s1. The van der Waals surface area contributed by atoms with Crippen LogP contribution in [0.3, 0.4) is 0 Å². The van der Waals surface area contributed by atoms with Crippen LogP contribution >= 0.6 is 34.9 Å². The minimum atomic E-state index is -1.31. The number of carboxylic acids is 2. The van der Waals surface area contributed by atoms with Crippen molar-refractivity contribution < 1.29 is 43.2 Å². The van der Waals surface area contributed by atoms with Crippen molar-refractivity contribution in [2.75, 3.05) is 23.9 Å². The summed E-state index contributed by atoms with van der Waals surface area (Å²) < 4.78 is 14.2. The molecule has 17 heteroatoms. The Balaban J connectivity index is 1.48. The summed E-state index contributed by atoms with van der Waals surface area (Å²) >= 11 is 3.73. The smallest absolute Gasteiger partial charge is 0.352 e. The Kier molecular flexibility index (Phi) is 9.82. The first-order chi connectivity index (χ1) is 19.6. The number of hydrogen-bond donors (Lipinski definition) is 4. The van der Waals surface area contributed by atoms with Crippen molar-refractivity contribution >= 4 is 69.5 Å². The normalized spacial score (nSPS) is 19.3.